The van der Waals surface area contributed by atoms with Crippen molar-refractivity contribution in [2.24, 2.45) is 5.41 Å². The van der Waals surface area contributed by atoms with Gasteiger partial charge in [-0.2, -0.15) is 0 Å². The van der Waals surface area contributed by atoms with Crippen LogP contribution in [0.15, 0.2) is 24.3 Å². The summed E-state index contributed by atoms with van der Waals surface area (Å²) in [6.45, 7) is 5.96. The van der Waals surface area contributed by atoms with Crippen molar-refractivity contribution in [2.75, 3.05) is 0 Å². The van der Waals surface area contributed by atoms with Crippen LogP contribution in [-0.2, 0) is 11.2 Å². The van der Waals surface area contributed by atoms with Gasteiger partial charge in [-0.15, -0.1) is 0 Å². The molecule has 0 saturated heterocycles. The van der Waals surface area contributed by atoms with Crippen molar-refractivity contribution in [1.82, 2.24) is 4.98 Å². The molecule has 1 heterocycles. The van der Waals surface area contributed by atoms with E-state index in [2.05, 4.69) is 37.0 Å². The van der Waals surface area contributed by atoms with Gasteiger partial charge in [-0.05, 0) is 0 Å². The molecule has 2 rings (SSSR count). The summed E-state index contributed by atoms with van der Waals surface area (Å²) in [6, 6.07) is 8.33. The van der Waals surface area contributed by atoms with Gasteiger partial charge >= 0.3 is 108 Å². The van der Waals surface area contributed by atoms with E-state index in [1.165, 1.54) is 8.83 Å². The quantitative estimate of drug-likeness (QED) is 0.812. The maximum absolute atomic E-state index is 11.2. The Hall–Kier alpha value is -0.921. The minimum atomic E-state index is 0.0362. The van der Waals surface area contributed by atoms with Gasteiger partial charge in [0.1, 0.15) is 0 Å². The average Bonchev–Trinajstić information content (AvgIpc) is 2.55. The minimum absolute atomic E-state index is 0.0362. The van der Waals surface area contributed by atoms with Crippen LogP contribution in [-0.4, -0.2) is 25.3 Å². The summed E-state index contributed by atoms with van der Waals surface area (Å²) in [4.78, 5) is 15.9. The monoisotopic (exact) mass is 295 g/mol. The van der Waals surface area contributed by atoms with Gasteiger partial charge in [0.05, 0.1) is 0 Å². The topological polar surface area (TPSA) is 30.0 Å². The summed E-state index contributed by atoms with van der Waals surface area (Å²) in [6.07, 6.45) is 1.57. The molecule has 0 N–H and O–H groups in total. The first-order chi connectivity index (χ1) is 7.96. The van der Waals surface area contributed by atoms with E-state index < -0.39 is 0 Å². The Kier molecular flexibility index (Phi) is 3.50. The van der Waals surface area contributed by atoms with Gasteiger partial charge in [0.25, 0.3) is 0 Å². The number of carbonyl (C=O) groups excluding carboxylic acids is 1. The molecule has 0 atom stereocenters. The number of benzene rings is 1. The Morgan fingerprint density at radius 2 is 2.06 bits per heavy atom. The summed E-state index contributed by atoms with van der Waals surface area (Å²) in [5.74, 6) is 0.263. The second-order valence-electron chi connectivity index (χ2n) is 5.30. The van der Waals surface area contributed by atoms with Gasteiger partial charge in [-0.25, -0.2) is 0 Å². The van der Waals surface area contributed by atoms with Crippen molar-refractivity contribution in [3.05, 3.63) is 28.8 Å². The number of aromatic nitrogens is 1. The standard InChI is InChI=1S/C14H17NOSe/c1-10(16)8-14(2,3)9-13-15-11-6-4-5-7-12(11)17-13/h4-7H,8-9H2,1-3H3. The molecule has 0 saturated carbocycles. The first-order valence-electron chi connectivity index (χ1n) is 5.80. The van der Waals surface area contributed by atoms with Gasteiger partial charge < -0.3 is 0 Å². The van der Waals surface area contributed by atoms with Crippen LogP contribution in [0.5, 0.6) is 0 Å². The SMILES string of the molecule is CC(=O)CC(C)(C)Cc1nc2ccccc2[se]1. The fourth-order valence-electron chi connectivity index (χ4n) is 2.14. The van der Waals surface area contributed by atoms with E-state index in [0.29, 0.717) is 20.9 Å². The third-order valence-corrected chi connectivity index (χ3v) is 4.87. The average molecular weight is 294 g/mol. The summed E-state index contributed by atoms with van der Waals surface area (Å²) in [5, 5.41) is 0. The van der Waals surface area contributed by atoms with Gasteiger partial charge in [-0.1, -0.05) is 0 Å². The second kappa shape index (κ2) is 4.75. The number of ketones is 1. The molecule has 17 heavy (non-hydrogen) atoms. The molecular weight excluding hydrogens is 277 g/mol. The molecule has 2 nitrogen and oxygen atoms in total. The van der Waals surface area contributed by atoms with Crippen LogP contribution < -0.4 is 0 Å². The van der Waals surface area contributed by atoms with Crippen molar-refractivity contribution in [3.8, 4) is 0 Å². The van der Waals surface area contributed by atoms with Crippen LogP contribution in [0, 0.1) is 5.41 Å². The Balaban J connectivity index is 2.20. The van der Waals surface area contributed by atoms with Gasteiger partial charge in [-0.3, -0.25) is 0 Å². The Morgan fingerprint density at radius 3 is 2.71 bits per heavy atom. The molecule has 0 aliphatic rings. The first kappa shape index (κ1) is 12.5. The summed E-state index contributed by atoms with van der Waals surface area (Å²) in [5.41, 5.74) is 1.16. The molecule has 0 aliphatic heterocycles. The summed E-state index contributed by atoms with van der Waals surface area (Å²) in [7, 11) is 0. The number of hydrogen-bond acceptors (Lipinski definition) is 2. The molecule has 0 spiro atoms. The molecule has 0 aliphatic carbocycles. The van der Waals surface area contributed by atoms with Crippen LogP contribution in [0.4, 0.5) is 0 Å². The van der Waals surface area contributed by atoms with E-state index in [9.17, 15) is 4.79 Å². The molecule has 3 heteroatoms. The number of fused-ring (bicyclic) bond motifs is 1. The zero-order chi connectivity index (χ0) is 12.5. The maximum atomic E-state index is 11.2. The fourth-order valence-corrected chi connectivity index (χ4v) is 4.71. The van der Waals surface area contributed by atoms with Crippen molar-refractivity contribution in [3.63, 3.8) is 0 Å². The van der Waals surface area contributed by atoms with E-state index in [-0.39, 0.29) is 11.2 Å². The van der Waals surface area contributed by atoms with Gasteiger partial charge in [0.15, 0.2) is 0 Å². The fraction of sp³-hybridized carbons (Fsp3) is 0.429. The van der Waals surface area contributed by atoms with Gasteiger partial charge in [0.2, 0.25) is 0 Å². The molecule has 0 fully saturated rings. The van der Waals surface area contributed by atoms with E-state index >= 15 is 0 Å². The molecule has 0 bridgehead atoms. The third-order valence-electron chi connectivity index (χ3n) is 2.70. The predicted molar refractivity (Wildman–Crippen MR) is 71.5 cm³/mol. The normalized spacial score (nSPS) is 11.9. The van der Waals surface area contributed by atoms with Gasteiger partial charge in [0, 0.05) is 0 Å². The Labute approximate surface area is 108 Å². The first-order valence-corrected chi connectivity index (χ1v) is 7.51. The van der Waals surface area contributed by atoms with E-state index in [1.807, 2.05) is 6.07 Å². The molecule has 0 amide bonds. The number of hydrogen-bond donors (Lipinski definition) is 0. The number of carbonyl (C=O) groups is 1. The predicted octanol–water partition coefficient (Wildman–Crippen LogP) is 2.84. The zero-order valence-corrected chi connectivity index (χ0v) is 12.2. The molecule has 90 valence electrons. The van der Waals surface area contributed by atoms with Crippen LogP contribution in [0.1, 0.15) is 31.8 Å². The van der Waals surface area contributed by atoms with E-state index in [4.69, 9.17) is 0 Å². The van der Waals surface area contributed by atoms with Crippen LogP contribution in [0.3, 0.4) is 0 Å². The number of rotatable bonds is 4. The van der Waals surface area contributed by atoms with Crippen molar-refractivity contribution >= 4 is 30.1 Å². The number of para-hydroxylation sites is 1. The Bertz CT molecular complexity index is 509. The summed E-state index contributed by atoms with van der Waals surface area (Å²) < 4.78 is 2.64. The van der Waals surface area contributed by atoms with E-state index in [1.54, 1.807) is 6.92 Å². The number of Topliss-reactive ketones (excluding diaryl/α,β-unsaturated/α-hetero) is 1. The Morgan fingerprint density at radius 1 is 1.35 bits per heavy atom. The van der Waals surface area contributed by atoms with Crippen LogP contribution in [0.2, 0.25) is 0 Å². The molecular formula is C14H17NOSe. The van der Waals surface area contributed by atoms with Crippen molar-refractivity contribution in [2.45, 2.75) is 33.6 Å². The molecule has 0 unspecified atom stereocenters. The molecule has 1 aromatic heterocycles. The molecule has 1 aromatic carbocycles. The van der Waals surface area contributed by atoms with Crippen molar-refractivity contribution < 1.29 is 4.79 Å². The van der Waals surface area contributed by atoms with Crippen LogP contribution >= 0.6 is 0 Å². The molecule has 2 aromatic rings. The van der Waals surface area contributed by atoms with Crippen molar-refractivity contribution in [1.29, 1.82) is 0 Å². The zero-order valence-electron chi connectivity index (χ0n) is 10.5. The van der Waals surface area contributed by atoms with E-state index in [0.717, 1.165) is 11.9 Å². The number of nitrogens with zero attached hydrogens (tertiary/aromatic N) is 1. The second-order valence-corrected chi connectivity index (χ2v) is 7.63. The third kappa shape index (κ3) is 3.27. The molecule has 0 radical (unpaired) electrons. The van der Waals surface area contributed by atoms with Crippen LogP contribution in [0.25, 0.3) is 9.78 Å². The summed E-state index contributed by atoms with van der Waals surface area (Å²) >= 11 is 0.352.